The van der Waals surface area contributed by atoms with Gasteiger partial charge in [-0.15, -0.1) is 10.2 Å². The maximum Gasteiger partial charge on any atom is 0.269 e. The van der Waals surface area contributed by atoms with E-state index in [4.69, 9.17) is 5.73 Å². The van der Waals surface area contributed by atoms with E-state index in [1.165, 1.54) is 12.8 Å². The molecule has 0 spiro atoms. The van der Waals surface area contributed by atoms with Gasteiger partial charge in [0.1, 0.15) is 0 Å². The number of hydrogen-bond acceptors (Lipinski definition) is 4. The molecule has 5 nitrogen and oxygen atoms in total. The number of carbonyl (C=O) groups excluding carboxylic acids is 1. The lowest BCUT2D eigenvalue weighted by Crippen LogP contribution is -2.33. The molecule has 86 valence electrons. The van der Waals surface area contributed by atoms with Crippen molar-refractivity contribution in [2.24, 2.45) is 5.73 Å². The number of nitrogens with two attached hydrogens (primary N) is 1. The van der Waals surface area contributed by atoms with Crippen molar-refractivity contribution in [2.45, 2.75) is 38.8 Å². The van der Waals surface area contributed by atoms with Crippen LogP contribution >= 0.6 is 0 Å². The first-order valence-corrected chi connectivity index (χ1v) is 5.51. The van der Waals surface area contributed by atoms with Gasteiger partial charge in [0, 0.05) is 12.1 Å². The van der Waals surface area contributed by atoms with Crippen molar-refractivity contribution in [1.82, 2.24) is 10.2 Å². The molecule has 16 heavy (non-hydrogen) atoms. The number of primary amides is 1. The summed E-state index contributed by atoms with van der Waals surface area (Å²) >= 11 is 0. The fourth-order valence-corrected chi connectivity index (χ4v) is 2.24. The molecule has 2 heterocycles. The summed E-state index contributed by atoms with van der Waals surface area (Å²) in [6.07, 6.45) is 2.33. The molecule has 0 radical (unpaired) electrons. The van der Waals surface area contributed by atoms with Gasteiger partial charge >= 0.3 is 0 Å². The number of carbonyl (C=O) groups is 1. The third kappa shape index (κ3) is 1.85. The maximum atomic E-state index is 10.9. The fourth-order valence-electron chi connectivity index (χ4n) is 2.24. The van der Waals surface area contributed by atoms with Crippen LogP contribution in [0.3, 0.4) is 0 Å². The summed E-state index contributed by atoms with van der Waals surface area (Å²) in [7, 11) is 0. The second kappa shape index (κ2) is 4.08. The highest BCUT2D eigenvalue weighted by Gasteiger charge is 2.28. The molecule has 0 unspecified atom stereocenters. The van der Waals surface area contributed by atoms with Gasteiger partial charge in [-0.05, 0) is 38.8 Å². The van der Waals surface area contributed by atoms with E-state index >= 15 is 0 Å². The minimum Gasteiger partial charge on any atom is -0.364 e. The minimum atomic E-state index is -0.540. The van der Waals surface area contributed by atoms with Gasteiger partial charge < -0.3 is 10.6 Å². The molecular weight excluding hydrogens is 204 g/mol. The molecule has 0 aromatic carbocycles. The van der Waals surface area contributed by atoms with Crippen LogP contribution in [0.15, 0.2) is 12.1 Å². The van der Waals surface area contributed by atoms with Crippen LogP contribution in [0, 0.1) is 0 Å². The van der Waals surface area contributed by atoms with Crippen LogP contribution in [0.25, 0.3) is 0 Å². The first-order valence-electron chi connectivity index (χ1n) is 5.51. The van der Waals surface area contributed by atoms with E-state index in [0.717, 1.165) is 5.82 Å². The third-order valence-corrected chi connectivity index (χ3v) is 3.12. The van der Waals surface area contributed by atoms with Crippen LogP contribution < -0.4 is 10.6 Å². The molecule has 5 heteroatoms. The lowest BCUT2D eigenvalue weighted by Gasteiger charge is -2.26. The Morgan fingerprint density at radius 2 is 1.94 bits per heavy atom. The topological polar surface area (TPSA) is 72.1 Å². The van der Waals surface area contributed by atoms with E-state index in [0.29, 0.717) is 12.1 Å². The largest absolute Gasteiger partial charge is 0.364 e. The van der Waals surface area contributed by atoms with E-state index in [1.54, 1.807) is 6.07 Å². The number of aromatic nitrogens is 2. The van der Waals surface area contributed by atoms with Crippen molar-refractivity contribution in [2.75, 3.05) is 4.90 Å². The monoisotopic (exact) mass is 220 g/mol. The predicted molar refractivity (Wildman–Crippen MR) is 61.2 cm³/mol. The van der Waals surface area contributed by atoms with Gasteiger partial charge in [-0.1, -0.05) is 0 Å². The first-order chi connectivity index (χ1) is 7.59. The van der Waals surface area contributed by atoms with Crippen molar-refractivity contribution < 1.29 is 4.79 Å². The molecule has 2 rings (SSSR count). The lowest BCUT2D eigenvalue weighted by molar-refractivity contribution is 0.0994. The summed E-state index contributed by atoms with van der Waals surface area (Å²) in [6, 6.07) is 4.39. The molecule has 0 aliphatic carbocycles. The Morgan fingerprint density at radius 1 is 1.31 bits per heavy atom. The summed E-state index contributed by atoms with van der Waals surface area (Å²) in [5.41, 5.74) is 5.33. The Kier molecular flexibility index (Phi) is 2.77. The van der Waals surface area contributed by atoms with Gasteiger partial charge in [0.2, 0.25) is 0 Å². The Hall–Kier alpha value is -1.65. The van der Waals surface area contributed by atoms with Crippen molar-refractivity contribution in [3.05, 3.63) is 17.8 Å². The van der Waals surface area contributed by atoms with Gasteiger partial charge in [-0.25, -0.2) is 0 Å². The highest BCUT2D eigenvalue weighted by molar-refractivity contribution is 5.90. The molecule has 1 amide bonds. The molecule has 1 aliphatic heterocycles. The zero-order valence-electron chi connectivity index (χ0n) is 9.55. The molecule has 1 aliphatic rings. The first kappa shape index (κ1) is 10.9. The predicted octanol–water partition coefficient (Wildman–Crippen LogP) is 0.953. The Morgan fingerprint density at radius 3 is 2.38 bits per heavy atom. The smallest absolute Gasteiger partial charge is 0.269 e. The summed E-state index contributed by atoms with van der Waals surface area (Å²) in [5, 5.41) is 7.88. The highest BCUT2D eigenvalue weighted by atomic mass is 16.1. The lowest BCUT2D eigenvalue weighted by atomic mass is 10.2. The molecule has 2 N–H and O–H groups in total. The highest BCUT2D eigenvalue weighted by Crippen LogP contribution is 2.28. The standard InChI is InChI=1S/C11H16N4O/c1-7-3-4-8(2)15(7)10-6-5-9(11(12)16)13-14-10/h5-8H,3-4H2,1-2H3,(H2,12,16)/t7-,8-/m0/s1. The normalized spacial score (nSPS) is 24.8. The number of hydrogen-bond donors (Lipinski definition) is 1. The van der Waals surface area contributed by atoms with E-state index in [2.05, 4.69) is 28.9 Å². The van der Waals surface area contributed by atoms with Crippen LogP contribution in [-0.4, -0.2) is 28.2 Å². The van der Waals surface area contributed by atoms with Gasteiger partial charge in [-0.3, -0.25) is 4.79 Å². The number of rotatable bonds is 2. The van der Waals surface area contributed by atoms with E-state index in [1.807, 2.05) is 6.07 Å². The SMILES string of the molecule is C[C@H]1CC[C@H](C)N1c1ccc(C(N)=O)nn1. The average molecular weight is 220 g/mol. The average Bonchev–Trinajstić information content (AvgIpc) is 2.59. The van der Waals surface area contributed by atoms with Crippen LogP contribution in [0.5, 0.6) is 0 Å². The minimum absolute atomic E-state index is 0.211. The number of amides is 1. The van der Waals surface area contributed by atoms with E-state index < -0.39 is 5.91 Å². The van der Waals surface area contributed by atoms with Gasteiger partial charge in [-0.2, -0.15) is 0 Å². The molecule has 1 aromatic rings. The summed E-state index contributed by atoms with van der Waals surface area (Å²) < 4.78 is 0. The molecular formula is C11H16N4O. The van der Waals surface area contributed by atoms with Crippen LogP contribution in [0.2, 0.25) is 0 Å². The summed E-state index contributed by atoms with van der Waals surface area (Å²) in [6.45, 7) is 4.35. The number of nitrogens with zero attached hydrogens (tertiary/aromatic N) is 3. The van der Waals surface area contributed by atoms with Crippen LogP contribution in [-0.2, 0) is 0 Å². The van der Waals surface area contributed by atoms with Crippen molar-refractivity contribution in [1.29, 1.82) is 0 Å². The van der Waals surface area contributed by atoms with Crippen molar-refractivity contribution in [3.8, 4) is 0 Å². The molecule has 1 aromatic heterocycles. The van der Waals surface area contributed by atoms with E-state index in [-0.39, 0.29) is 5.69 Å². The second-order valence-corrected chi connectivity index (χ2v) is 4.32. The summed E-state index contributed by atoms with van der Waals surface area (Å²) in [5.74, 6) is 0.282. The van der Waals surface area contributed by atoms with Gasteiger partial charge in [0.15, 0.2) is 11.5 Å². The third-order valence-electron chi connectivity index (χ3n) is 3.12. The van der Waals surface area contributed by atoms with Crippen molar-refractivity contribution in [3.63, 3.8) is 0 Å². The fraction of sp³-hybridized carbons (Fsp3) is 0.545. The van der Waals surface area contributed by atoms with Gasteiger partial charge in [0.05, 0.1) is 0 Å². The van der Waals surface area contributed by atoms with E-state index in [9.17, 15) is 4.79 Å². The quantitative estimate of drug-likeness (QED) is 0.805. The number of anilines is 1. The zero-order chi connectivity index (χ0) is 11.7. The summed E-state index contributed by atoms with van der Waals surface area (Å²) in [4.78, 5) is 13.1. The molecule has 0 bridgehead atoms. The Labute approximate surface area is 94.6 Å². The molecule has 2 atom stereocenters. The maximum absolute atomic E-state index is 10.9. The van der Waals surface area contributed by atoms with Crippen molar-refractivity contribution >= 4 is 11.7 Å². The second-order valence-electron chi connectivity index (χ2n) is 4.32. The Balaban J connectivity index is 2.24. The molecule has 0 saturated carbocycles. The van der Waals surface area contributed by atoms with Crippen LogP contribution in [0.4, 0.5) is 5.82 Å². The molecule has 1 saturated heterocycles. The van der Waals surface area contributed by atoms with Crippen LogP contribution in [0.1, 0.15) is 37.2 Å². The zero-order valence-corrected chi connectivity index (χ0v) is 9.55. The van der Waals surface area contributed by atoms with Gasteiger partial charge in [0.25, 0.3) is 5.91 Å². The molecule has 1 fully saturated rings. The Bertz CT molecular complexity index is 379.